The number of likely N-dealkylation sites (tertiary alicyclic amines) is 1. The molecular formula is C21H24FN3O4S2. The second kappa shape index (κ2) is 9.05. The highest BCUT2D eigenvalue weighted by molar-refractivity contribution is 7.91. The predicted molar refractivity (Wildman–Crippen MR) is 116 cm³/mol. The average molecular weight is 466 g/mol. The topological polar surface area (TPSA) is 86.8 Å². The zero-order valence-corrected chi connectivity index (χ0v) is 18.6. The molecule has 2 aliphatic rings. The molecule has 1 N–H and O–H groups in total. The van der Waals surface area contributed by atoms with E-state index in [1.54, 1.807) is 16.3 Å². The van der Waals surface area contributed by atoms with Crippen molar-refractivity contribution in [2.24, 2.45) is 5.92 Å². The number of sulfonamides is 1. The first-order chi connectivity index (χ1) is 14.8. The zero-order valence-electron chi connectivity index (χ0n) is 16.9. The lowest BCUT2D eigenvalue weighted by Crippen LogP contribution is -2.41. The lowest BCUT2D eigenvalue weighted by atomic mass is 9.97. The van der Waals surface area contributed by atoms with Crippen molar-refractivity contribution in [2.75, 3.05) is 31.5 Å². The van der Waals surface area contributed by atoms with Crippen LogP contribution in [0.15, 0.2) is 39.9 Å². The lowest BCUT2D eigenvalue weighted by molar-refractivity contribution is -0.120. The highest BCUT2D eigenvalue weighted by atomic mass is 32.2. The number of benzene rings is 1. The number of hydrogen-bond acceptors (Lipinski definition) is 5. The Kier molecular flexibility index (Phi) is 6.40. The van der Waals surface area contributed by atoms with E-state index < -0.39 is 15.8 Å². The number of hydrogen-bond donors (Lipinski definition) is 1. The van der Waals surface area contributed by atoms with E-state index in [1.165, 1.54) is 28.6 Å². The number of nitrogens with one attached hydrogen (secondary N) is 1. The van der Waals surface area contributed by atoms with E-state index in [-0.39, 0.29) is 35.0 Å². The second-order valence-corrected chi connectivity index (χ2v) is 10.9. The van der Waals surface area contributed by atoms with Crippen LogP contribution in [0.1, 0.15) is 36.0 Å². The zero-order chi connectivity index (χ0) is 22.0. The molecule has 0 aliphatic carbocycles. The van der Waals surface area contributed by atoms with Gasteiger partial charge in [0, 0.05) is 43.2 Å². The molecular weight excluding hydrogens is 441 g/mol. The third-order valence-corrected chi connectivity index (χ3v) is 9.04. The summed E-state index contributed by atoms with van der Waals surface area (Å²) in [5.74, 6) is -1.14. The van der Waals surface area contributed by atoms with Crippen molar-refractivity contribution in [2.45, 2.75) is 29.9 Å². The molecule has 1 aromatic carbocycles. The predicted octanol–water partition coefficient (Wildman–Crippen LogP) is 3.16. The van der Waals surface area contributed by atoms with Crippen molar-refractivity contribution < 1.29 is 22.4 Å². The van der Waals surface area contributed by atoms with Gasteiger partial charge in [-0.05, 0) is 49.9 Å². The van der Waals surface area contributed by atoms with Crippen LogP contribution in [0.25, 0.3) is 0 Å². The molecule has 3 heterocycles. The van der Waals surface area contributed by atoms with Crippen LogP contribution in [-0.2, 0) is 14.8 Å². The molecule has 7 nitrogen and oxygen atoms in total. The number of thiophene rings is 1. The lowest BCUT2D eigenvalue weighted by Gasteiger charge is -2.30. The molecule has 2 aromatic rings. The third kappa shape index (κ3) is 4.81. The highest BCUT2D eigenvalue weighted by Crippen LogP contribution is 2.29. The molecule has 0 unspecified atom stereocenters. The summed E-state index contributed by atoms with van der Waals surface area (Å²) in [7, 11) is -3.71. The summed E-state index contributed by atoms with van der Waals surface area (Å²) in [6, 6.07) is 7.13. The maximum Gasteiger partial charge on any atom is 0.254 e. The molecule has 1 aromatic heterocycles. The number of carbonyl (C=O) groups is 2. The van der Waals surface area contributed by atoms with Gasteiger partial charge in [-0.25, -0.2) is 12.8 Å². The van der Waals surface area contributed by atoms with Crippen LogP contribution in [0.4, 0.5) is 10.1 Å². The summed E-state index contributed by atoms with van der Waals surface area (Å²) in [6.07, 6.45) is 2.71. The van der Waals surface area contributed by atoms with E-state index in [0.717, 1.165) is 24.2 Å². The Morgan fingerprint density at radius 2 is 1.77 bits per heavy atom. The van der Waals surface area contributed by atoms with Crippen LogP contribution in [0.2, 0.25) is 0 Å². The Hall–Kier alpha value is -2.30. The second-order valence-electron chi connectivity index (χ2n) is 7.83. The van der Waals surface area contributed by atoms with Crippen LogP contribution in [-0.4, -0.2) is 55.6 Å². The van der Waals surface area contributed by atoms with E-state index >= 15 is 0 Å². The van der Waals surface area contributed by atoms with Crippen molar-refractivity contribution in [3.63, 3.8) is 0 Å². The molecule has 2 amide bonds. The first kappa shape index (κ1) is 21.9. The fourth-order valence-corrected chi connectivity index (χ4v) is 6.74. The summed E-state index contributed by atoms with van der Waals surface area (Å²) < 4.78 is 40.9. The van der Waals surface area contributed by atoms with Gasteiger partial charge < -0.3 is 10.2 Å². The van der Waals surface area contributed by atoms with Gasteiger partial charge in [0.05, 0.1) is 5.56 Å². The number of nitrogens with zero attached hydrogens (tertiary/aromatic N) is 2. The molecule has 0 saturated carbocycles. The van der Waals surface area contributed by atoms with Gasteiger partial charge >= 0.3 is 0 Å². The molecule has 31 heavy (non-hydrogen) atoms. The Morgan fingerprint density at radius 1 is 1.06 bits per heavy atom. The molecule has 0 spiro atoms. The highest BCUT2D eigenvalue weighted by Gasteiger charge is 2.33. The van der Waals surface area contributed by atoms with Crippen molar-refractivity contribution in [1.29, 1.82) is 0 Å². The van der Waals surface area contributed by atoms with Crippen molar-refractivity contribution in [3.8, 4) is 0 Å². The van der Waals surface area contributed by atoms with Gasteiger partial charge in [-0.3, -0.25) is 9.59 Å². The van der Waals surface area contributed by atoms with Crippen molar-refractivity contribution >= 4 is 38.9 Å². The first-order valence-corrected chi connectivity index (χ1v) is 12.6. The Balaban J connectivity index is 1.36. The Morgan fingerprint density at radius 3 is 2.45 bits per heavy atom. The van der Waals surface area contributed by atoms with Gasteiger partial charge in [0.25, 0.3) is 15.9 Å². The fourth-order valence-electron chi connectivity index (χ4n) is 3.96. The van der Waals surface area contributed by atoms with E-state index in [1.807, 2.05) is 0 Å². The smallest absolute Gasteiger partial charge is 0.254 e. The van der Waals surface area contributed by atoms with Gasteiger partial charge in [0.1, 0.15) is 10.0 Å². The third-order valence-electron chi connectivity index (χ3n) is 5.73. The van der Waals surface area contributed by atoms with Gasteiger partial charge in [-0.1, -0.05) is 6.07 Å². The van der Waals surface area contributed by atoms with Gasteiger partial charge in [0.2, 0.25) is 5.91 Å². The normalized spacial score (nSPS) is 18.3. The van der Waals surface area contributed by atoms with Crippen LogP contribution in [0.5, 0.6) is 0 Å². The fraction of sp³-hybridized carbons (Fsp3) is 0.429. The number of amides is 2. The molecule has 10 heteroatoms. The SMILES string of the molecule is O=C(Nc1cccc(F)c1)C1CCN(S(=O)(=O)c2cc(C(=O)N3CCCC3)cs2)CC1. The van der Waals surface area contributed by atoms with Crippen LogP contribution < -0.4 is 5.32 Å². The first-order valence-electron chi connectivity index (χ1n) is 10.3. The molecule has 4 rings (SSSR count). The van der Waals surface area contributed by atoms with E-state index in [4.69, 9.17) is 0 Å². The van der Waals surface area contributed by atoms with Gasteiger partial charge in [0.15, 0.2) is 0 Å². The largest absolute Gasteiger partial charge is 0.339 e. The molecule has 0 bridgehead atoms. The summed E-state index contributed by atoms with van der Waals surface area (Å²) in [4.78, 5) is 26.7. The molecule has 2 saturated heterocycles. The van der Waals surface area contributed by atoms with E-state index in [2.05, 4.69) is 5.32 Å². The van der Waals surface area contributed by atoms with Gasteiger partial charge in [-0.15, -0.1) is 11.3 Å². The van der Waals surface area contributed by atoms with Gasteiger partial charge in [-0.2, -0.15) is 4.31 Å². The summed E-state index contributed by atoms with van der Waals surface area (Å²) >= 11 is 1.06. The van der Waals surface area contributed by atoms with Crippen LogP contribution in [0.3, 0.4) is 0 Å². The molecule has 166 valence electrons. The molecule has 0 radical (unpaired) electrons. The molecule has 2 fully saturated rings. The quantitative estimate of drug-likeness (QED) is 0.735. The Labute approximate surface area is 184 Å². The van der Waals surface area contributed by atoms with Crippen molar-refractivity contribution in [1.82, 2.24) is 9.21 Å². The summed E-state index contributed by atoms with van der Waals surface area (Å²) in [5.41, 5.74) is 0.795. The number of carbonyl (C=O) groups excluding carboxylic acids is 2. The van der Waals surface area contributed by atoms with E-state index in [9.17, 15) is 22.4 Å². The minimum atomic E-state index is -3.71. The minimum absolute atomic E-state index is 0.122. The Bertz CT molecular complexity index is 1070. The molecule has 2 aliphatic heterocycles. The molecule has 0 atom stereocenters. The minimum Gasteiger partial charge on any atom is -0.339 e. The summed E-state index contributed by atoms with van der Waals surface area (Å²) in [6.45, 7) is 1.86. The standard InChI is InChI=1S/C21H24FN3O4S2/c22-17-4-3-5-18(13-17)23-20(26)15-6-10-25(11-7-15)31(28,29)19-12-16(14-30-19)21(27)24-8-1-2-9-24/h3-5,12-15H,1-2,6-11H2,(H,23,26). The maximum atomic E-state index is 13.3. The maximum absolute atomic E-state index is 13.3. The van der Waals surface area contributed by atoms with Crippen LogP contribution in [0, 0.1) is 11.7 Å². The monoisotopic (exact) mass is 465 g/mol. The number of rotatable bonds is 5. The summed E-state index contributed by atoms with van der Waals surface area (Å²) in [5, 5.41) is 4.30. The van der Waals surface area contributed by atoms with Crippen LogP contribution >= 0.6 is 11.3 Å². The number of halogens is 1. The van der Waals surface area contributed by atoms with E-state index in [0.29, 0.717) is 37.2 Å². The average Bonchev–Trinajstić information content (AvgIpc) is 3.46. The van der Waals surface area contributed by atoms with Crippen molar-refractivity contribution in [3.05, 3.63) is 47.1 Å². The number of anilines is 1. The number of piperidine rings is 1.